The standard InChI is InChI=1S/C22H31N5O/c1-6-7-19(25-16(4)15(2)3)18-12-24-22-21(18)20(8-9-23-22)27-11-10-26(5)17(13-27)14-28/h6-9,12,15,17,28H,4,10-11,13-14H2,1-3,5H3,(H,23,24)/b7-6-,25-19?. The van der Waals surface area contributed by atoms with Gasteiger partial charge in [-0.2, -0.15) is 0 Å². The average Bonchev–Trinajstić information content (AvgIpc) is 3.12. The molecule has 2 aromatic heterocycles. The van der Waals surface area contributed by atoms with Crippen molar-refractivity contribution in [3.8, 4) is 0 Å². The number of aromatic amines is 1. The minimum atomic E-state index is 0.128. The first-order valence-electron chi connectivity index (χ1n) is 9.89. The molecule has 6 nitrogen and oxygen atoms in total. The number of nitrogens with one attached hydrogen (secondary N) is 1. The van der Waals surface area contributed by atoms with Crippen molar-refractivity contribution < 1.29 is 5.11 Å². The predicted octanol–water partition coefficient (Wildman–Crippen LogP) is 3.21. The Labute approximate surface area is 167 Å². The zero-order valence-corrected chi connectivity index (χ0v) is 17.3. The summed E-state index contributed by atoms with van der Waals surface area (Å²) in [6.07, 6.45) is 7.84. The van der Waals surface area contributed by atoms with Crippen LogP contribution in [0.2, 0.25) is 0 Å². The molecule has 3 rings (SSSR count). The summed E-state index contributed by atoms with van der Waals surface area (Å²) in [6, 6.07) is 2.19. The fourth-order valence-corrected chi connectivity index (χ4v) is 3.50. The SMILES string of the molecule is C=C(N=C(/C=C\C)c1c[nH]c2nccc(N3CCN(C)C(CO)C3)c12)C(C)C. The van der Waals surface area contributed by atoms with Crippen LogP contribution < -0.4 is 4.90 Å². The number of H-pyrrole nitrogens is 1. The second-order valence-corrected chi connectivity index (χ2v) is 7.66. The molecule has 0 bridgehead atoms. The van der Waals surface area contributed by atoms with E-state index in [-0.39, 0.29) is 18.6 Å². The van der Waals surface area contributed by atoms with Crippen LogP contribution in [0.5, 0.6) is 0 Å². The third-order valence-corrected chi connectivity index (χ3v) is 5.41. The quantitative estimate of drug-likeness (QED) is 0.754. The highest BCUT2D eigenvalue weighted by Crippen LogP contribution is 2.31. The van der Waals surface area contributed by atoms with Crippen molar-refractivity contribution in [1.29, 1.82) is 0 Å². The molecule has 1 aliphatic heterocycles. The van der Waals surface area contributed by atoms with Gasteiger partial charge in [0.2, 0.25) is 0 Å². The van der Waals surface area contributed by atoms with Gasteiger partial charge in [-0.25, -0.2) is 4.98 Å². The predicted molar refractivity (Wildman–Crippen MR) is 117 cm³/mol. The number of hydrogen-bond donors (Lipinski definition) is 2. The lowest BCUT2D eigenvalue weighted by molar-refractivity contribution is 0.135. The molecule has 150 valence electrons. The van der Waals surface area contributed by atoms with Crippen LogP contribution in [0.15, 0.2) is 47.9 Å². The minimum Gasteiger partial charge on any atom is -0.395 e. The number of aliphatic hydroxyl groups is 1. The number of aromatic nitrogens is 2. The van der Waals surface area contributed by atoms with E-state index in [1.54, 1.807) is 0 Å². The van der Waals surface area contributed by atoms with E-state index in [4.69, 9.17) is 4.99 Å². The fraction of sp³-hybridized carbons (Fsp3) is 0.455. The summed E-state index contributed by atoms with van der Waals surface area (Å²) in [5.41, 5.74) is 4.74. The number of rotatable bonds is 6. The highest BCUT2D eigenvalue weighted by Gasteiger charge is 2.26. The lowest BCUT2D eigenvalue weighted by atomic mass is 10.1. The van der Waals surface area contributed by atoms with E-state index in [1.165, 1.54) is 0 Å². The summed E-state index contributed by atoms with van der Waals surface area (Å²) in [5.74, 6) is 0.283. The summed E-state index contributed by atoms with van der Waals surface area (Å²) in [7, 11) is 2.07. The third-order valence-electron chi connectivity index (χ3n) is 5.41. The average molecular weight is 382 g/mol. The van der Waals surface area contributed by atoms with Crippen molar-refractivity contribution in [3.63, 3.8) is 0 Å². The van der Waals surface area contributed by atoms with Gasteiger partial charge in [0.25, 0.3) is 0 Å². The lowest BCUT2D eigenvalue weighted by Crippen LogP contribution is -2.53. The number of pyridine rings is 1. The Kier molecular flexibility index (Phi) is 6.31. The first-order valence-corrected chi connectivity index (χ1v) is 9.89. The summed E-state index contributed by atoms with van der Waals surface area (Å²) in [5, 5.41) is 10.8. The van der Waals surface area contributed by atoms with E-state index < -0.39 is 0 Å². The Hall–Kier alpha value is -2.44. The highest BCUT2D eigenvalue weighted by atomic mass is 16.3. The molecule has 0 amide bonds. The van der Waals surface area contributed by atoms with Crippen LogP contribution in [0.4, 0.5) is 5.69 Å². The summed E-state index contributed by atoms with van der Waals surface area (Å²) >= 11 is 0. The molecule has 0 radical (unpaired) electrons. The zero-order chi connectivity index (χ0) is 20.3. The van der Waals surface area contributed by atoms with Crippen LogP contribution in [0, 0.1) is 5.92 Å². The molecule has 2 N–H and O–H groups in total. The van der Waals surface area contributed by atoms with Crippen molar-refractivity contribution in [2.24, 2.45) is 10.9 Å². The lowest BCUT2D eigenvalue weighted by Gasteiger charge is -2.40. The normalized spacial score (nSPS) is 19.3. The van der Waals surface area contributed by atoms with Crippen LogP contribution in [-0.4, -0.2) is 65.0 Å². The van der Waals surface area contributed by atoms with Crippen LogP contribution in [-0.2, 0) is 0 Å². The first-order chi connectivity index (χ1) is 13.5. The van der Waals surface area contributed by atoms with Gasteiger partial charge in [-0.3, -0.25) is 9.89 Å². The van der Waals surface area contributed by atoms with E-state index >= 15 is 0 Å². The topological polar surface area (TPSA) is 67.8 Å². The van der Waals surface area contributed by atoms with Gasteiger partial charge in [-0.15, -0.1) is 0 Å². The first kappa shape index (κ1) is 20.3. The summed E-state index contributed by atoms with van der Waals surface area (Å²) in [6.45, 7) is 13.1. The van der Waals surface area contributed by atoms with Gasteiger partial charge in [0.15, 0.2) is 0 Å². The number of hydrogen-bond acceptors (Lipinski definition) is 5. The van der Waals surface area contributed by atoms with Gasteiger partial charge in [-0.1, -0.05) is 26.5 Å². The van der Waals surface area contributed by atoms with Crippen molar-refractivity contribution >= 4 is 22.4 Å². The van der Waals surface area contributed by atoms with Gasteiger partial charge < -0.3 is 15.0 Å². The molecule has 0 saturated carbocycles. The van der Waals surface area contributed by atoms with E-state index in [0.717, 1.165) is 53.3 Å². The molecule has 1 saturated heterocycles. The van der Waals surface area contributed by atoms with Crippen molar-refractivity contribution in [2.45, 2.75) is 26.8 Å². The zero-order valence-electron chi connectivity index (χ0n) is 17.3. The summed E-state index contributed by atoms with van der Waals surface area (Å²) in [4.78, 5) is 17.2. The molecular weight excluding hydrogens is 350 g/mol. The van der Waals surface area contributed by atoms with E-state index in [0.29, 0.717) is 0 Å². The Morgan fingerprint density at radius 1 is 1.46 bits per heavy atom. The largest absolute Gasteiger partial charge is 0.395 e. The van der Waals surface area contributed by atoms with Crippen LogP contribution in [0.25, 0.3) is 11.0 Å². The van der Waals surface area contributed by atoms with Crippen molar-refractivity contribution in [2.75, 3.05) is 38.2 Å². The molecule has 0 aliphatic carbocycles. The fourth-order valence-electron chi connectivity index (χ4n) is 3.50. The molecule has 1 aliphatic rings. The van der Waals surface area contributed by atoms with Crippen molar-refractivity contribution in [3.05, 3.63) is 48.5 Å². The number of piperazine rings is 1. The second kappa shape index (κ2) is 8.71. The number of nitrogens with zero attached hydrogens (tertiary/aromatic N) is 4. The maximum atomic E-state index is 9.74. The number of fused-ring (bicyclic) bond motifs is 1. The van der Waals surface area contributed by atoms with Gasteiger partial charge in [0.05, 0.1) is 29.4 Å². The molecule has 0 spiro atoms. The molecule has 2 aromatic rings. The smallest absolute Gasteiger partial charge is 0.140 e. The number of aliphatic hydroxyl groups excluding tert-OH is 1. The monoisotopic (exact) mass is 381 g/mol. The molecule has 1 fully saturated rings. The van der Waals surface area contributed by atoms with E-state index in [2.05, 4.69) is 53.3 Å². The molecule has 3 heterocycles. The minimum absolute atomic E-state index is 0.128. The van der Waals surface area contributed by atoms with Gasteiger partial charge in [-0.05, 0) is 32.0 Å². The maximum Gasteiger partial charge on any atom is 0.140 e. The number of likely N-dealkylation sites (N-methyl/N-ethyl adjacent to an activating group) is 1. The molecule has 1 atom stereocenters. The van der Waals surface area contributed by atoms with Gasteiger partial charge in [0.1, 0.15) is 5.65 Å². The molecule has 28 heavy (non-hydrogen) atoms. The van der Waals surface area contributed by atoms with E-state index in [9.17, 15) is 5.11 Å². The Morgan fingerprint density at radius 3 is 2.93 bits per heavy atom. The number of anilines is 1. The van der Waals surface area contributed by atoms with Crippen LogP contribution >= 0.6 is 0 Å². The number of allylic oxidation sites excluding steroid dienone is 3. The number of aliphatic imine (C=N–C) groups is 1. The van der Waals surface area contributed by atoms with Gasteiger partial charge >= 0.3 is 0 Å². The van der Waals surface area contributed by atoms with Crippen molar-refractivity contribution in [1.82, 2.24) is 14.9 Å². The van der Waals surface area contributed by atoms with E-state index in [1.807, 2.05) is 31.5 Å². The Balaban J connectivity index is 2.09. The molecular formula is C22H31N5O. The highest BCUT2D eigenvalue weighted by molar-refractivity contribution is 6.18. The Morgan fingerprint density at radius 2 is 2.25 bits per heavy atom. The van der Waals surface area contributed by atoms with Gasteiger partial charge in [0, 0.05) is 43.3 Å². The maximum absolute atomic E-state index is 9.74. The molecule has 1 unspecified atom stereocenters. The van der Waals surface area contributed by atoms with Crippen LogP contribution in [0.1, 0.15) is 26.3 Å². The molecule has 6 heteroatoms. The van der Waals surface area contributed by atoms with Crippen LogP contribution in [0.3, 0.4) is 0 Å². The third kappa shape index (κ3) is 4.03. The second-order valence-electron chi connectivity index (χ2n) is 7.66. The Bertz CT molecular complexity index is 895. The summed E-state index contributed by atoms with van der Waals surface area (Å²) < 4.78 is 0. The molecule has 0 aromatic carbocycles.